The van der Waals surface area contributed by atoms with Gasteiger partial charge in [-0.15, -0.1) is 0 Å². The fourth-order valence-corrected chi connectivity index (χ4v) is 1.55. The monoisotopic (exact) mass is 356 g/mol. The fraction of sp³-hybridized carbons (Fsp3) is 0.312. The Kier molecular flexibility index (Phi) is 7.46. The SMILES string of the molecule is CO/N=C(/C#CCO/N=C(\C)c1cccc(C(F)(F)F)c1)C(=O)OC. The van der Waals surface area contributed by atoms with Crippen LogP contribution in [-0.4, -0.2) is 38.2 Å². The van der Waals surface area contributed by atoms with Gasteiger partial charge in [-0.1, -0.05) is 28.4 Å². The summed E-state index contributed by atoms with van der Waals surface area (Å²) in [4.78, 5) is 20.6. The van der Waals surface area contributed by atoms with Gasteiger partial charge in [0.2, 0.25) is 5.71 Å². The number of esters is 1. The molecule has 1 aromatic carbocycles. The van der Waals surface area contributed by atoms with Gasteiger partial charge in [0.1, 0.15) is 7.11 Å². The predicted octanol–water partition coefficient (Wildman–Crippen LogP) is 2.62. The van der Waals surface area contributed by atoms with Crippen LogP contribution >= 0.6 is 0 Å². The molecule has 0 aromatic heterocycles. The number of oxime groups is 2. The lowest BCUT2D eigenvalue weighted by Gasteiger charge is -2.08. The molecule has 0 spiro atoms. The Labute approximate surface area is 142 Å². The Hall–Kier alpha value is -3.02. The Morgan fingerprint density at radius 1 is 1.24 bits per heavy atom. The van der Waals surface area contributed by atoms with Gasteiger partial charge in [-0.2, -0.15) is 13.2 Å². The molecular formula is C16H15F3N2O4. The third-order valence-corrected chi connectivity index (χ3v) is 2.71. The Balaban J connectivity index is 2.73. The Bertz CT molecular complexity index is 731. The highest BCUT2D eigenvalue weighted by Crippen LogP contribution is 2.29. The van der Waals surface area contributed by atoms with E-state index in [0.29, 0.717) is 0 Å². The summed E-state index contributed by atoms with van der Waals surface area (Å²) >= 11 is 0. The molecular weight excluding hydrogens is 341 g/mol. The van der Waals surface area contributed by atoms with Crippen molar-refractivity contribution in [2.75, 3.05) is 20.8 Å². The van der Waals surface area contributed by atoms with Crippen LogP contribution in [0.25, 0.3) is 0 Å². The lowest BCUT2D eigenvalue weighted by molar-refractivity contribution is -0.137. The Morgan fingerprint density at radius 3 is 2.56 bits per heavy atom. The van der Waals surface area contributed by atoms with Crippen molar-refractivity contribution < 1.29 is 32.4 Å². The summed E-state index contributed by atoms with van der Waals surface area (Å²) in [6, 6.07) is 4.69. The number of hydrogen-bond acceptors (Lipinski definition) is 6. The van der Waals surface area contributed by atoms with E-state index in [2.05, 4.69) is 31.7 Å². The van der Waals surface area contributed by atoms with Crippen molar-refractivity contribution in [2.45, 2.75) is 13.1 Å². The number of carbonyl (C=O) groups excluding carboxylic acids is 1. The molecule has 134 valence electrons. The van der Waals surface area contributed by atoms with Crippen LogP contribution in [0.2, 0.25) is 0 Å². The molecule has 9 heteroatoms. The van der Waals surface area contributed by atoms with E-state index in [4.69, 9.17) is 4.84 Å². The van der Waals surface area contributed by atoms with E-state index in [1.165, 1.54) is 26.2 Å². The summed E-state index contributed by atoms with van der Waals surface area (Å²) in [6.45, 7) is 1.28. The van der Waals surface area contributed by atoms with Crippen LogP contribution in [0.3, 0.4) is 0 Å². The molecule has 0 heterocycles. The molecule has 0 radical (unpaired) electrons. The second-order valence-corrected chi connectivity index (χ2v) is 4.44. The van der Waals surface area contributed by atoms with Crippen molar-refractivity contribution in [3.8, 4) is 11.8 Å². The third kappa shape index (κ3) is 6.55. The fourth-order valence-electron chi connectivity index (χ4n) is 1.55. The van der Waals surface area contributed by atoms with Crippen LogP contribution in [0.5, 0.6) is 0 Å². The molecule has 0 bridgehead atoms. The van der Waals surface area contributed by atoms with Crippen LogP contribution < -0.4 is 0 Å². The maximum Gasteiger partial charge on any atom is 0.416 e. The largest absolute Gasteiger partial charge is 0.464 e. The molecule has 0 aliphatic carbocycles. The number of hydrogen-bond donors (Lipinski definition) is 0. The average Bonchev–Trinajstić information content (AvgIpc) is 2.59. The summed E-state index contributed by atoms with van der Waals surface area (Å²) in [7, 11) is 2.40. The topological polar surface area (TPSA) is 69.5 Å². The van der Waals surface area contributed by atoms with Gasteiger partial charge in [0, 0.05) is 0 Å². The zero-order valence-corrected chi connectivity index (χ0v) is 13.7. The van der Waals surface area contributed by atoms with Gasteiger partial charge in [-0.3, -0.25) is 0 Å². The number of carbonyl (C=O) groups is 1. The van der Waals surface area contributed by atoms with E-state index in [9.17, 15) is 18.0 Å². The normalized spacial score (nSPS) is 12.1. The van der Waals surface area contributed by atoms with Gasteiger partial charge in [0.25, 0.3) is 0 Å². The smallest absolute Gasteiger partial charge is 0.416 e. The number of methoxy groups -OCH3 is 1. The van der Waals surface area contributed by atoms with Gasteiger partial charge < -0.3 is 14.4 Å². The van der Waals surface area contributed by atoms with Crippen molar-refractivity contribution in [3.05, 3.63) is 35.4 Å². The van der Waals surface area contributed by atoms with Crippen LogP contribution in [0, 0.1) is 11.8 Å². The quantitative estimate of drug-likeness (QED) is 0.267. The summed E-state index contributed by atoms with van der Waals surface area (Å²) in [5.41, 5.74) is -0.532. The van der Waals surface area contributed by atoms with Crippen molar-refractivity contribution >= 4 is 17.4 Å². The standard InChI is InChI=1S/C16H15F3N2O4/c1-11(12-6-4-7-13(10-12)16(17,18)19)20-25-9-5-8-14(21-24-3)15(22)23-2/h4,6-7,10H,9H2,1-3H3/b20-11+,21-14-. The first-order valence-corrected chi connectivity index (χ1v) is 6.82. The molecule has 0 atom stereocenters. The van der Waals surface area contributed by atoms with Gasteiger partial charge in [0.15, 0.2) is 6.61 Å². The van der Waals surface area contributed by atoms with Crippen molar-refractivity contribution in [2.24, 2.45) is 10.3 Å². The highest BCUT2D eigenvalue weighted by molar-refractivity contribution is 6.43. The molecule has 1 rings (SSSR count). The van der Waals surface area contributed by atoms with E-state index in [1.54, 1.807) is 0 Å². The summed E-state index contributed by atoms with van der Waals surface area (Å²) in [5.74, 6) is 4.05. The molecule has 0 aliphatic heterocycles. The first-order valence-electron chi connectivity index (χ1n) is 6.82. The molecule has 0 saturated heterocycles. The van der Waals surface area contributed by atoms with Crippen LogP contribution in [0.1, 0.15) is 18.1 Å². The molecule has 1 aromatic rings. The van der Waals surface area contributed by atoms with Gasteiger partial charge >= 0.3 is 12.1 Å². The number of ether oxygens (including phenoxy) is 1. The minimum Gasteiger partial charge on any atom is -0.464 e. The van der Waals surface area contributed by atoms with Crippen LogP contribution in [0.15, 0.2) is 34.6 Å². The number of nitrogens with zero attached hydrogens (tertiary/aromatic N) is 2. The molecule has 0 N–H and O–H groups in total. The van der Waals surface area contributed by atoms with E-state index >= 15 is 0 Å². The molecule has 0 unspecified atom stereocenters. The van der Waals surface area contributed by atoms with E-state index in [1.807, 2.05) is 0 Å². The van der Waals surface area contributed by atoms with E-state index in [0.717, 1.165) is 19.2 Å². The lowest BCUT2D eigenvalue weighted by Crippen LogP contribution is -2.14. The van der Waals surface area contributed by atoms with Gasteiger partial charge in [-0.25, -0.2) is 4.79 Å². The first kappa shape index (κ1) is 20.0. The maximum atomic E-state index is 12.7. The minimum absolute atomic E-state index is 0.212. The molecule has 0 amide bonds. The average molecular weight is 356 g/mol. The summed E-state index contributed by atoms with van der Waals surface area (Å²) in [5, 5.41) is 7.06. The van der Waals surface area contributed by atoms with Crippen molar-refractivity contribution in [1.82, 2.24) is 0 Å². The minimum atomic E-state index is -4.44. The zero-order chi connectivity index (χ0) is 18.9. The second kappa shape index (κ2) is 9.32. The zero-order valence-electron chi connectivity index (χ0n) is 13.7. The summed E-state index contributed by atoms with van der Waals surface area (Å²) in [6.07, 6.45) is -4.44. The molecule has 25 heavy (non-hydrogen) atoms. The molecule has 0 saturated carbocycles. The maximum absolute atomic E-state index is 12.7. The predicted molar refractivity (Wildman–Crippen MR) is 83.8 cm³/mol. The van der Waals surface area contributed by atoms with Crippen LogP contribution in [0.4, 0.5) is 13.2 Å². The number of halogens is 3. The highest BCUT2D eigenvalue weighted by atomic mass is 19.4. The number of alkyl halides is 3. The highest BCUT2D eigenvalue weighted by Gasteiger charge is 2.30. The number of benzene rings is 1. The molecule has 6 nitrogen and oxygen atoms in total. The third-order valence-electron chi connectivity index (χ3n) is 2.71. The first-order chi connectivity index (χ1) is 11.8. The van der Waals surface area contributed by atoms with Gasteiger partial charge in [-0.05, 0) is 30.5 Å². The van der Waals surface area contributed by atoms with E-state index in [-0.39, 0.29) is 23.6 Å². The molecule has 0 aliphatic rings. The lowest BCUT2D eigenvalue weighted by atomic mass is 10.1. The Morgan fingerprint density at radius 2 is 1.96 bits per heavy atom. The van der Waals surface area contributed by atoms with Crippen molar-refractivity contribution in [1.29, 1.82) is 0 Å². The van der Waals surface area contributed by atoms with Crippen molar-refractivity contribution in [3.63, 3.8) is 0 Å². The second-order valence-electron chi connectivity index (χ2n) is 4.44. The van der Waals surface area contributed by atoms with Crippen LogP contribution in [-0.2, 0) is 25.4 Å². The summed E-state index contributed by atoms with van der Waals surface area (Å²) < 4.78 is 42.4. The van der Waals surface area contributed by atoms with Gasteiger partial charge in [0.05, 0.1) is 18.4 Å². The van der Waals surface area contributed by atoms with E-state index < -0.39 is 17.7 Å². The number of rotatable bonds is 5. The molecule has 0 fully saturated rings.